The van der Waals surface area contributed by atoms with Crippen molar-refractivity contribution in [2.45, 2.75) is 36.8 Å². The second-order valence-corrected chi connectivity index (χ2v) is 10.3. The van der Waals surface area contributed by atoms with Gasteiger partial charge >= 0.3 is 0 Å². The van der Waals surface area contributed by atoms with Crippen LogP contribution in [0.3, 0.4) is 0 Å². The Morgan fingerprint density at radius 3 is 2.67 bits per heavy atom. The molecule has 2 unspecified atom stereocenters. The Morgan fingerprint density at radius 1 is 1.12 bits per heavy atom. The number of benzene rings is 2. The number of alkyl halides is 2. The van der Waals surface area contributed by atoms with E-state index in [1.807, 2.05) is 12.1 Å². The number of aromatic nitrogens is 2. The van der Waals surface area contributed by atoms with E-state index in [1.165, 1.54) is 5.56 Å². The van der Waals surface area contributed by atoms with Crippen molar-refractivity contribution in [3.8, 4) is 23.1 Å². The molecule has 6 rings (SSSR count). The van der Waals surface area contributed by atoms with Crippen LogP contribution >= 0.6 is 12.4 Å². The number of ether oxygens (including phenoxy) is 2. The molecular weight excluding hydrogens is 538 g/mol. The first-order chi connectivity index (χ1) is 19.0. The van der Waals surface area contributed by atoms with E-state index < -0.39 is 18.6 Å². The van der Waals surface area contributed by atoms with Gasteiger partial charge in [0.05, 0.1) is 37.1 Å². The molecule has 3 aliphatic rings. The molecular formula is C29H31ClF2N6O2. The van der Waals surface area contributed by atoms with Crippen molar-refractivity contribution in [1.29, 1.82) is 5.26 Å². The third-order valence-electron chi connectivity index (χ3n) is 7.73. The SMILES string of the molecule is Cl.N#Cc1cc(-c2ccnc(Nc3ccc(C4CCN(C5COC5)C4)cc3)n2)ccc1OC1CCNCC1(F)F. The molecule has 3 aliphatic heterocycles. The minimum absolute atomic E-state index is 0. The summed E-state index contributed by atoms with van der Waals surface area (Å²) < 4.78 is 39.4. The van der Waals surface area contributed by atoms with E-state index >= 15 is 0 Å². The van der Waals surface area contributed by atoms with Gasteiger partial charge in [0, 0.05) is 30.4 Å². The quantitative estimate of drug-likeness (QED) is 0.422. The van der Waals surface area contributed by atoms with E-state index in [0.717, 1.165) is 38.4 Å². The fraction of sp³-hybridized carbons (Fsp3) is 0.414. The second kappa shape index (κ2) is 12.0. The highest BCUT2D eigenvalue weighted by Crippen LogP contribution is 2.33. The molecule has 2 N–H and O–H groups in total. The van der Waals surface area contributed by atoms with Crippen LogP contribution in [-0.4, -0.2) is 72.3 Å². The van der Waals surface area contributed by atoms with Gasteiger partial charge in [-0.25, -0.2) is 18.7 Å². The molecule has 0 radical (unpaired) electrons. The average Bonchev–Trinajstić information content (AvgIpc) is 3.39. The zero-order valence-corrected chi connectivity index (χ0v) is 22.7. The standard InChI is InChI=1S/C29H30F2N6O2.ClH/c30-29(31)18-33-10-8-27(29)39-26-6-3-20(13-22(26)14-32)25-7-11-34-28(36-25)35-23-4-1-19(2-5-23)21-9-12-37(15-21)24-16-38-17-24;/h1-7,11,13,21,24,27,33H,8-10,12,15-18H2,(H,34,35,36);1H. The highest BCUT2D eigenvalue weighted by atomic mass is 35.5. The van der Waals surface area contributed by atoms with Crippen LogP contribution in [0.1, 0.15) is 29.9 Å². The molecule has 40 heavy (non-hydrogen) atoms. The van der Waals surface area contributed by atoms with E-state index in [4.69, 9.17) is 9.47 Å². The van der Waals surface area contributed by atoms with Crippen LogP contribution in [0.5, 0.6) is 5.75 Å². The predicted octanol–water partition coefficient (Wildman–Crippen LogP) is 4.74. The van der Waals surface area contributed by atoms with Crippen LogP contribution in [0.2, 0.25) is 0 Å². The Labute approximate surface area is 238 Å². The topological polar surface area (TPSA) is 95.3 Å². The van der Waals surface area contributed by atoms with Crippen molar-refractivity contribution >= 4 is 24.0 Å². The molecule has 11 heteroatoms. The Balaban J connectivity index is 0.00000323. The van der Waals surface area contributed by atoms with Gasteiger partial charge in [0.25, 0.3) is 5.92 Å². The molecule has 0 aliphatic carbocycles. The first-order valence-electron chi connectivity index (χ1n) is 13.3. The number of nitrogens with one attached hydrogen (secondary N) is 2. The van der Waals surface area contributed by atoms with Crippen LogP contribution in [0, 0.1) is 11.3 Å². The number of piperidine rings is 1. The van der Waals surface area contributed by atoms with Gasteiger partial charge in [-0.1, -0.05) is 12.1 Å². The van der Waals surface area contributed by atoms with Gasteiger partial charge in [-0.2, -0.15) is 5.26 Å². The average molecular weight is 569 g/mol. The van der Waals surface area contributed by atoms with E-state index in [1.54, 1.807) is 30.5 Å². The lowest BCUT2D eigenvalue weighted by molar-refractivity contribution is -0.109. The summed E-state index contributed by atoms with van der Waals surface area (Å²) >= 11 is 0. The summed E-state index contributed by atoms with van der Waals surface area (Å²) in [5.74, 6) is -1.91. The number of nitriles is 1. The fourth-order valence-corrected chi connectivity index (χ4v) is 5.36. The molecule has 2 aromatic carbocycles. The van der Waals surface area contributed by atoms with Crippen LogP contribution in [-0.2, 0) is 4.74 Å². The summed E-state index contributed by atoms with van der Waals surface area (Å²) in [5, 5.41) is 15.6. The number of hydrogen-bond donors (Lipinski definition) is 2. The van der Waals surface area contributed by atoms with E-state index in [-0.39, 0.29) is 30.1 Å². The molecule has 0 spiro atoms. The molecule has 8 nitrogen and oxygen atoms in total. The third-order valence-corrected chi connectivity index (χ3v) is 7.73. The third kappa shape index (κ3) is 6.03. The number of anilines is 2. The number of rotatable bonds is 7. The lowest BCUT2D eigenvalue weighted by atomic mass is 9.98. The number of hydrogen-bond acceptors (Lipinski definition) is 8. The van der Waals surface area contributed by atoms with Crippen molar-refractivity contribution in [2.24, 2.45) is 0 Å². The van der Waals surface area contributed by atoms with Gasteiger partial charge in [0.15, 0.2) is 6.10 Å². The zero-order chi connectivity index (χ0) is 26.8. The molecule has 0 amide bonds. The fourth-order valence-electron chi connectivity index (χ4n) is 5.36. The summed E-state index contributed by atoms with van der Waals surface area (Å²) in [6.07, 6.45) is 1.69. The van der Waals surface area contributed by atoms with Gasteiger partial charge in [-0.05, 0) is 67.4 Å². The summed E-state index contributed by atoms with van der Waals surface area (Å²) in [5.41, 5.74) is 3.65. The zero-order valence-electron chi connectivity index (χ0n) is 21.9. The number of halogens is 3. The first-order valence-corrected chi connectivity index (χ1v) is 13.3. The van der Waals surface area contributed by atoms with Crippen molar-refractivity contribution in [3.63, 3.8) is 0 Å². The predicted molar refractivity (Wildman–Crippen MR) is 150 cm³/mol. The molecule has 3 saturated heterocycles. The highest BCUT2D eigenvalue weighted by molar-refractivity contribution is 5.85. The molecule has 0 bridgehead atoms. The summed E-state index contributed by atoms with van der Waals surface area (Å²) in [6, 6.07) is 17.7. The lowest BCUT2D eigenvalue weighted by Gasteiger charge is -2.34. The molecule has 4 heterocycles. The smallest absolute Gasteiger partial charge is 0.296 e. The molecule has 1 aromatic heterocycles. The van der Waals surface area contributed by atoms with Gasteiger partial charge < -0.3 is 20.1 Å². The monoisotopic (exact) mass is 568 g/mol. The van der Waals surface area contributed by atoms with Gasteiger partial charge in [-0.3, -0.25) is 4.90 Å². The Hall–Kier alpha value is -3.36. The van der Waals surface area contributed by atoms with Crippen LogP contribution in [0.15, 0.2) is 54.7 Å². The van der Waals surface area contributed by atoms with Crippen LogP contribution in [0.25, 0.3) is 11.3 Å². The number of nitrogens with zero attached hydrogens (tertiary/aromatic N) is 4. The number of likely N-dealkylation sites (tertiary alicyclic amines) is 1. The van der Waals surface area contributed by atoms with E-state index in [9.17, 15) is 14.0 Å². The molecule has 3 aromatic rings. The normalized spacial score (nSPS) is 22.5. The van der Waals surface area contributed by atoms with Crippen molar-refractivity contribution in [3.05, 3.63) is 65.9 Å². The van der Waals surface area contributed by atoms with E-state index in [2.05, 4.69) is 43.7 Å². The maximum Gasteiger partial charge on any atom is 0.296 e. The lowest BCUT2D eigenvalue weighted by Crippen LogP contribution is -2.52. The van der Waals surface area contributed by atoms with E-state index in [0.29, 0.717) is 35.7 Å². The minimum atomic E-state index is -3.00. The van der Waals surface area contributed by atoms with Gasteiger partial charge in [0.1, 0.15) is 11.8 Å². The van der Waals surface area contributed by atoms with Crippen molar-refractivity contribution < 1.29 is 18.3 Å². The Bertz CT molecular complexity index is 1370. The minimum Gasteiger partial charge on any atom is -0.483 e. The molecule has 0 saturated carbocycles. The largest absolute Gasteiger partial charge is 0.483 e. The van der Waals surface area contributed by atoms with Crippen LogP contribution in [0.4, 0.5) is 20.4 Å². The molecule has 210 valence electrons. The van der Waals surface area contributed by atoms with Gasteiger partial charge in [0.2, 0.25) is 5.95 Å². The molecule has 3 fully saturated rings. The first kappa shape index (κ1) is 28.2. The van der Waals surface area contributed by atoms with Crippen LogP contribution < -0.4 is 15.4 Å². The maximum atomic E-state index is 14.2. The summed E-state index contributed by atoms with van der Waals surface area (Å²) in [4.78, 5) is 11.5. The second-order valence-electron chi connectivity index (χ2n) is 10.3. The summed E-state index contributed by atoms with van der Waals surface area (Å²) in [7, 11) is 0. The molecule has 2 atom stereocenters. The highest BCUT2D eigenvalue weighted by Gasteiger charge is 2.43. The Morgan fingerprint density at radius 2 is 1.95 bits per heavy atom. The Kier molecular flexibility index (Phi) is 8.47. The maximum absolute atomic E-state index is 14.2. The summed E-state index contributed by atoms with van der Waals surface area (Å²) in [6.45, 7) is 3.89. The van der Waals surface area contributed by atoms with Gasteiger partial charge in [-0.15, -0.1) is 12.4 Å². The van der Waals surface area contributed by atoms with Crippen molar-refractivity contribution in [2.75, 3.05) is 44.7 Å². The van der Waals surface area contributed by atoms with Crippen molar-refractivity contribution in [1.82, 2.24) is 20.2 Å².